The largest absolute Gasteiger partial charge is 0.505 e. The number of carboxylic acids is 1. The topological polar surface area (TPSA) is 135 Å². The molecular formula is C17H20N2O7S. The second kappa shape index (κ2) is 7.03. The van der Waals surface area contributed by atoms with E-state index in [1.807, 2.05) is 0 Å². The Morgan fingerprint density at radius 1 is 1.26 bits per heavy atom. The van der Waals surface area contributed by atoms with Crippen LogP contribution in [0.15, 0.2) is 4.79 Å². The Morgan fingerprint density at radius 2 is 1.85 bits per heavy atom. The molecule has 0 atom stereocenters. The SMILES string of the molecule is Cc1c(C(=O)O)sc2c(O)c(C(=O)NCC(=O)OC(C)(C)C)c(=O)n(C)c12. The van der Waals surface area contributed by atoms with Gasteiger partial charge in [0.25, 0.3) is 11.5 Å². The Labute approximate surface area is 158 Å². The maximum Gasteiger partial charge on any atom is 0.346 e. The highest BCUT2D eigenvalue weighted by molar-refractivity contribution is 7.21. The van der Waals surface area contributed by atoms with Gasteiger partial charge in [0.2, 0.25) is 0 Å². The van der Waals surface area contributed by atoms with Gasteiger partial charge in [-0.15, -0.1) is 11.3 Å². The average molecular weight is 396 g/mol. The van der Waals surface area contributed by atoms with Gasteiger partial charge in [0.05, 0.1) is 10.2 Å². The molecule has 2 rings (SSSR count). The number of fused-ring (bicyclic) bond motifs is 1. The molecule has 3 N–H and O–H groups in total. The van der Waals surface area contributed by atoms with Gasteiger partial charge in [-0.1, -0.05) is 0 Å². The van der Waals surface area contributed by atoms with Crippen LogP contribution in [0.1, 0.15) is 46.4 Å². The minimum Gasteiger partial charge on any atom is -0.505 e. The van der Waals surface area contributed by atoms with Gasteiger partial charge in [-0.05, 0) is 33.3 Å². The summed E-state index contributed by atoms with van der Waals surface area (Å²) < 4.78 is 6.27. The number of hydrogen-bond donors (Lipinski definition) is 3. The molecule has 1 amide bonds. The Balaban J connectivity index is 2.44. The number of carboxylic acid groups (broad SMARTS) is 1. The van der Waals surface area contributed by atoms with E-state index in [0.29, 0.717) is 5.56 Å². The number of amides is 1. The van der Waals surface area contributed by atoms with Crippen molar-refractivity contribution in [2.45, 2.75) is 33.3 Å². The monoisotopic (exact) mass is 396 g/mol. The number of esters is 1. The van der Waals surface area contributed by atoms with E-state index in [1.165, 1.54) is 14.0 Å². The fourth-order valence-electron chi connectivity index (χ4n) is 2.58. The number of nitrogens with one attached hydrogen (secondary N) is 1. The summed E-state index contributed by atoms with van der Waals surface area (Å²) in [7, 11) is 1.38. The molecule has 10 heteroatoms. The number of aromatic carboxylic acids is 1. The molecule has 2 heterocycles. The Morgan fingerprint density at radius 3 is 2.37 bits per heavy atom. The molecule has 0 aromatic carbocycles. The zero-order valence-corrected chi connectivity index (χ0v) is 16.3. The van der Waals surface area contributed by atoms with Crippen LogP contribution in [0.5, 0.6) is 5.75 Å². The molecule has 0 bridgehead atoms. The van der Waals surface area contributed by atoms with Crippen LogP contribution in [-0.4, -0.2) is 44.8 Å². The molecule has 0 radical (unpaired) electrons. The molecule has 0 fully saturated rings. The van der Waals surface area contributed by atoms with Crippen molar-refractivity contribution in [2.75, 3.05) is 6.54 Å². The third kappa shape index (κ3) is 3.95. The quantitative estimate of drug-likeness (QED) is 0.665. The predicted octanol–water partition coefficient (Wildman–Crippen LogP) is 1.38. The van der Waals surface area contributed by atoms with Crippen LogP contribution in [0.2, 0.25) is 0 Å². The molecule has 27 heavy (non-hydrogen) atoms. The summed E-state index contributed by atoms with van der Waals surface area (Å²) in [6.07, 6.45) is 0. The average Bonchev–Trinajstić information content (AvgIpc) is 2.87. The van der Waals surface area contributed by atoms with Crippen molar-refractivity contribution in [1.82, 2.24) is 9.88 Å². The maximum atomic E-state index is 12.5. The van der Waals surface area contributed by atoms with Gasteiger partial charge in [-0.2, -0.15) is 0 Å². The second-order valence-corrected chi connectivity index (χ2v) is 7.92. The van der Waals surface area contributed by atoms with Gasteiger partial charge < -0.3 is 24.8 Å². The number of pyridine rings is 1. The van der Waals surface area contributed by atoms with Crippen molar-refractivity contribution >= 4 is 39.4 Å². The van der Waals surface area contributed by atoms with Gasteiger partial charge in [-0.3, -0.25) is 14.4 Å². The first-order valence-electron chi connectivity index (χ1n) is 7.93. The highest BCUT2D eigenvalue weighted by atomic mass is 32.1. The van der Waals surface area contributed by atoms with Gasteiger partial charge in [0.1, 0.15) is 22.6 Å². The van der Waals surface area contributed by atoms with Crippen molar-refractivity contribution < 1.29 is 29.3 Å². The fourth-order valence-corrected chi connectivity index (χ4v) is 3.71. The molecule has 0 saturated heterocycles. The molecule has 0 saturated carbocycles. The number of carbonyl (C=O) groups excluding carboxylic acids is 2. The van der Waals surface area contributed by atoms with E-state index in [0.717, 1.165) is 15.9 Å². The minimum absolute atomic E-state index is 0.0402. The molecule has 2 aromatic heterocycles. The number of aromatic nitrogens is 1. The normalized spacial score (nSPS) is 11.4. The lowest BCUT2D eigenvalue weighted by atomic mass is 10.1. The summed E-state index contributed by atoms with van der Waals surface area (Å²) in [4.78, 5) is 47.9. The number of rotatable bonds is 4. The van der Waals surface area contributed by atoms with Crippen molar-refractivity contribution in [1.29, 1.82) is 0 Å². The van der Waals surface area contributed by atoms with E-state index in [2.05, 4.69) is 5.32 Å². The van der Waals surface area contributed by atoms with E-state index >= 15 is 0 Å². The molecule has 9 nitrogen and oxygen atoms in total. The highest BCUT2D eigenvalue weighted by Crippen LogP contribution is 2.37. The Kier molecular flexibility index (Phi) is 5.32. The molecule has 0 aliphatic rings. The first-order chi connectivity index (χ1) is 12.3. The number of ether oxygens (including phenoxy) is 1. The summed E-state index contributed by atoms with van der Waals surface area (Å²) in [5.41, 5.74) is -1.55. The number of nitrogens with zero attached hydrogens (tertiary/aromatic N) is 1. The van der Waals surface area contributed by atoms with Crippen LogP contribution >= 0.6 is 11.3 Å². The summed E-state index contributed by atoms with van der Waals surface area (Å²) >= 11 is 0.764. The number of carbonyl (C=O) groups is 3. The van der Waals surface area contributed by atoms with E-state index in [4.69, 9.17) is 4.74 Å². The first-order valence-corrected chi connectivity index (χ1v) is 8.75. The molecule has 0 spiro atoms. The van der Waals surface area contributed by atoms with Crippen molar-refractivity contribution in [3.8, 4) is 5.75 Å². The molecule has 0 aliphatic carbocycles. The Bertz CT molecular complexity index is 1010. The Hall–Kier alpha value is -2.88. The van der Waals surface area contributed by atoms with Crippen LogP contribution < -0.4 is 10.9 Å². The van der Waals surface area contributed by atoms with E-state index in [1.54, 1.807) is 20.8 Å². The summed E-state index contributed by atoms with van der Waals surface area (Å²) in [6, 6.07) is 0. The summed E-state index contributed by atoms with van der Waals surface area (Å²) in [6.45, 7) is 6.04. The maximum absolute atomic E-state index is 12.5. The zero-order chi connectivity index (χ0) is 20.7. The van der Waals surface area contributed by atoms with Crippen molar-refractivity contribution in [2.24, 2.45) is 7.05 Å². The van der Waals surface area contributed by atoms with Crippen LogP contribution in [-0.2, 0) is 16.6 Å². The second-order valence-electron chi connectivity index (χ2n) is 6.90. The molecule has 146 valence electrons. The van der Waals surface area contributed by atoms with E-state index in [9.17, 15) is 29.4 Å². The predicted molar refractivity (Wildman–Crippen MR) is 98.6 cm³/mol. The zero-order valence-electron chi connectivity index (χ0n) is 15.5. The van der Waals surface area contributed by atoms with Gasteiger partial charge in [0, 0.05) is 7.05 Å². The molecule has 0 aliphatic heterocycles. The first kappa shape index (κ1) is 20.4. The number of aromatic hydroxyl groups is 1. The van der Waals surface area contributed by atoms with Crippen molar-refractivity contribution in [3.05, 3.63) is 26.4 Å². The summed E-state index contributed by atoms with van der Waals surface area (Å²) in [5, 5.41) is 21.9. The highest BCUT2D eigenvalue weighted by Gasteiger charge is 2.27. The third-order valence-electron chi connectivity index (χ3n) is 3.66. The molecule has 2 aromatic rings. The third-order valence-corrected chi connectivity index (χ3v) is 4.93. The van der Waals surface area contributed by atoms with Crippen LogP contribution in [0.3, 0.4) is 0 Å². The number of aryl methyl sites for hydroxylation is 2. The standard InChI is InChI=1S/C17H20N2O7S/c1-7-10-13(27-12(7)16(24)25)11(21)9(15(23)19(10)5)14(22)18-6-8(20)26-17(2,3)4/h21H,6H2,1-5H3,(H,18,22)(H,24,25). The van der Waals surface area contributed by atoms with Crippen LogP contribution in [0.4, 0.5) is 0 Å². The van der Waals surface area contributed by atoms with Gasteiger partial charge in [-0.25, -0.2) is 4.79 Å². The fraction of sp³-hybridized carbons (Fsp3) is 0.412. The number of thiophene rings is 1. The minimum atomic E-state index is -1.20. The van der Waals surface area contributed by atoms with E-state index in [-0.39, 0.29) is 15.1 Å². The van der Waals surface area contributed by atoms with E-state index < -0.39 is 46.9 Å². The molecular weight excluding hydrogens is 376 g/mol. The van der Waals surface area contributed by atoms with Gasteiger partial charge in [0.15, 0.2) is 5.75 Å². The number of hydrogen-bond acceptors (Lipinski definition) is 7. The summed E-state index contributed by atoms with van der Waals surface area (Å²) in [5.74, 6) is -3.47. The molecule has 0 unspecified atom stereocenters. The smallest absolute Gasteiger partial charge is 0.346 e. The van der Waals surface area contributed by atoms with Gasteiger partial charge >= 0.3 is 11.9 Å². The lowest BCUT2D eigenvalue weighted by molar-refractivity contribution is -0.153. The van der Waals surface area contributed by atoms with Crippen molar-refractivity contribution in [3.63, 3.8) is 0 Å². The lowest BCUT2D eigenvalue weighted by Gasteiger charge is -2.19. The van der Waals surface area contributed by atoms with Crippen LogP contribution in [0.25, 0.3) is 10.2 Å². The lowest BCUT2D eigenvalue weighted by Crippen LogP contribution is -2.37. The van der Waals surface area contributed by atoms with Crippen LogP contribution in [0, 0.1) is 6.92 Å².